The minimum Gasteiger partial charge on any atom is -0.484 e. The lowest BCUT2D eigenvalue weighted by molar-refractivity contribution is -0.113. The molecule has 2 aromatic carbocycles. The highest BCUT2D eigenvalue weighted by Crippen LogP contribution is 2.26. The number of carbonyl (C=O) groups is 1. The van der Waals surface area contributed by atoms with Gasteiger partial charge in [-0.05, 0) is 48.9 Å². The van der Waals surface area contributed by atoms with E-state index in [2.05, 4.69) is 38.0 Å². The molecule has 0 atom stereocenters. The van der Waals surface area contributed by atoms with Crippen molar-refractivity contribution in [2.24, 2.45) is 0 Å². The maximum atomic E-state index is 12.3. The second-order valence-electron chi connectivity index (χ2n) is 6.36. The lowest BCUT2D eigenvalue weighted by Crippen LogP contribution is -2.15. The van der Waals surface area contributed by atoms with Crippen molar-refractivity contribution in [3.8, 4) is 5.75 Å². The van der Waals surface area contributed by atoms with Gasteiger partial charge in [0.25, 0.3) is 0 Å². The average molecular weight is 508 g/mol. The molecule has 0 fully saturated rings. The molecule has 0 radical (unpaired) electrons. The first kappa shape index (κ1) is 22.4. The van der Waals surface area contributed by atoms with Crippen LogP contribution >= 0.6 is 39.3 Å². The molecule has 0 unspecified atom stereocenters. The third kappa shape index (κ3) is 6.10. The summed E-state index contributed by atoms with van der Waals surface area (Å²) >= 11 is 10.9. The van der Waals surface area contributed by atoms with E-state index in [1.165, 1.54) is 11.8 Å². The van der Waals surface area contributed by atoms with Gasteiger partial charge in [-0.2, -0.15) is 0 Å². The van der Waals surface area contributed by atoms with Crippen molar-refractivity contribution < 1.29 is 9.53 Å². The monoisotopic (exact) mass is 506 g/mol. The smallest absolute Gasteiger partial charge is 0.234 e. The Labute approximate surface area is 192 Å². The molecule has 156 valence electrons. The Balaban J connectivity index is 1.63. The summed E-state index contributed by atoms with van der Waals surface area (Å²) in [5.41, 5.74) is 1.79. The number of amides is 1. The summed E-state index contributed by atoms with van der Waals surface area (Å²) < 4.78 is 8.66. The van der Waals surface area contributed by atoms with Crippen molar-refractivity contribution in [3.05, 3.63) is 76.0 Å². The fraction of sp³-hybridized carbons (Fsp3) is 0.190. The Morgan fingerprint density at radius 1 is 1.30 bits per heavy atom. The van der Waals surface area contributed by atoms with Crippen LogP contribution in [0.25, 0.3) is 0 Å². The van der Waals surface area contributed by atoms with Gasteiger partial charge in [0.1, 0.15) is 12.4 Å². The van der Waals surface area contributed by atoms with Crippen molar-refractivity contribution in [1.29, 1.82) is 0 Å². The van der Waals surface area contributed by atoms with Crippen molar-refractivity contribution in [3.63, 3.8) is 0 Å². The van der Waals surface area contributed by atoms with Gasteiger partial charge in [-0.3, -0.25) is 9.36 Å². The van der Waals surface area contributed by atoms with Gasteiger partial charge < -0.3 is 10.1 Å². The second-order valence-corrected chi connectivity index (χ2v) is 8.63. The highest BCUT2D eigenvalue weighted by atomic mass is 79.9. The molecular weight excluding hydrogens is 488 g/mol. The molecule has 1 aromatic heterocycles. The maximum Gasteiger partial charge on any atom is 0.234 e. The van der Waals surface area contributed by atoms with Crippen LogP contribution in [-0.2, 0) is 17.9 Å². The third-order valence-electron chi connectivity index (χ3n) is 4.01. The number of carbonyl (C=O) groups excluding carboxylic acids is 1. The molecule has 6 nitrogen and oxygen atoms in total. The standard InChI is InChI=1S/C21H20BrClN4O2S/c1-3-10-27-19(12-29-18-11-14(2)4-9-17(18)23)25-26-21(27)30-13-20(28)24-16-7-5-15(22)6-8-16/h3-9,11H,1,10,12-13H2,2H3,(H,24,28). The Hall–Kier alpha value is -2.29. The first-order chi connectivity index (χ1) is 14.5. The van der Waals surface area contributed by atoms with Crippen LogP contribution < -0.4 is 10.1 Å². The summed E-state index contributed by atoms with van der Waals surface area (Å²) in [6.45, 7) is 6.47. The van der Waals surface area contributed by atoms with Crippen LogP contribution in [0.5, 0.6) is 5.75 Å². The highest BCUT2D eigenvalue weighted by molar-refractivity contribution is 9.10. The van der Waals surface area contributed by atoms with E-state index in [0.717, 1.165) is 15.7 Å². The zero-order valence-electron chi connectivity index (χ0n) is 16.3. The van der Waals surface area contributed by atoms with Crippen LogP contribution in [0, 0.1) is 6.92 Å². The number of nitrogens with zero attached hydrogens (tertiary/aromatic N) is 3. The number of rotatable bonds is 9. The van der Waals surface area contributed by atoms with E-state index in [4.69, 9.17) is 16.3 Å². The fourth-order valence-electron chi connectivity index (χ4n) is 2.57. The van der Waals surface area contributed by atoms with Crippen molar-refractivity contribution in [1.82, 2.24) is 14.8 Å². The number of ether oxygens (including phenoxy) is 1. The third-order valence-corrected chi connectivity index (χ3v) is 5.82. The Morgan fingerprint density at radius 3 is 2.80 bits per heavy atom. The fourth-order valence-corrected chi connectivity index (χ4v) is 3.77. The molecular formula is C21H20BrClN4O2S. The van der Waals surface area contributed by atoms with Gasteiger partial charge >= 0.3 is 0 Å². The van der Waals surface area contributed by atoms with E-state index in [1.807, 2.05) is 47.9 Å². The van der Waals surface area contributed by atoms with Gasteiger partial charge in [-0.1, -0.05) is 51.4 Å². The summed E-state index contributed by atoms with van der Waals surface area (Å²) in [6.07, 6.45) is 1.75. The number of aryl methyl sites for hydroxylation is 1. The normalized spacial score (nSPS) is 10.6. The molecule has 3 rings (SSSR count). The van der Waals surface area contributed by atoms with E-state index in [-0.39, 0.29) is 18.3 Å². The molecule has 0 aliphatic rings. The number of halogens is 2. The quantitative estimate of drug-likeness (QED) is 0.306. The molecule has 0 spiro atoms. The van der Waals surface area contributed by atoms with Gasteiger partial charge in [0.15, 0.2) is 11.0 Å². The first-order valence-corrected chi connectivity index (χ1v) is 11.2. The molecule has 1 amide bonds. The van der Waals surface area contributed by atoms with E-state index < -0.39 is 0 Å². The van der Waals surface area contributed by atoms with Crippen LogP contribution in [0.4, 0.5) is 5.69 Å². The first-order valence-electron chi connectivity index (χ1n) is 9.06. The molecule has 9 heteroatoms. The summed E-state index contributed by atoms with van der Waals surface area (Å²) in [6, 6.07) is 13.0. The molecule has 0 saturated carbocycles. The number of anilines is 1. The van der Waals surface area contributed by atoms with Crippen molar-refractivity contribution >= 4 is 50.9 Å². The summed E-state index contributed by atoms with van der Waals surface area (Å²) in [5, 5.41) is 12.4. The minimum absolute atomic E-state index is 0.125. The zero-order valence-corrected chi connectivity index (χ0v) is 19.4. The van der Waals surface area contributed by atoms with Gasteiger partial charge in [0.2, 0.25) is 5.91 Å². The lowest BCUT2D eigenvalue weighted by Gasteiger charge is -2.10. The number of nitrogens with one attached hydrogen (secondary N) is 1. The largest absolute Gasteiger partial charge is 0.484 e. The molecule has 0 saturated heterocycles. The van der Waals surface area contributed by atoms with E-state index in [0.29, 0.717) is 28.3 Å². The highest BCUT2D eigenvalue weighted by Gasteiger charge is 2.15. The van der Waals surface area contributed by atoms with Crippen LogP contribution in [0.15, 0.2) is 64.7 Å². The van der Waals surface area contributed by atoms with E-state index >= 15 is 0 Å². The van der Waals surface area contributed by atoms with E-state index in [9.17, 15) is 4.79 Å². The number of hydrogen-bond donors (Lipinski definition) is 1. The molecule has 30 heavy (non-hydrogen) atoms. The van der Waals surface area contributed by atoms with Crippen LogP contribution in [-0.4, -0.2) is 26.4 Å². The van der Waals surface area contributed by atoms with Crippen LogP contribution in [0.3, 0.4) is 0 Å². The topological polar surface area (TPSA) is 69.0 Å². The van der Waals surface area contributed by atoms with Crippen LogP contribution in [0.1, 0.15) is 11.4 Å². The van der Waals surface area contributed by atoms with Crippen LogP contribution in [0.2, 0.25) is 5.02 Å². The SMILES string of the molecule is C=CCn1c(COc2cc(C)ccc2Cl)nnc1SCC(=O)Nc1ccc(Br)cc1. The van der Waals surface area contributed by atoms with Gasteiger partial charge in [0.05, 0.1) is 10.8 Å². The zero-order chi connectivity index (χ0) is 21.5. The second kappa shape index (κ2) is 10.7. The number of aromatic nitrogens is 3. The number of thioether (sulfide) groups is 1. The Kier molecular flexibility index (Phi) is 7.95. The minimum atomic E-state index is -0.125. The molecule has 0 aliphatic heterocycles. The molecule has 0 bridgehead atoms. The average Bonchev–Trinajstić information content (AvgIpc) is 3.11. The van der Waals surface area contributed by atoms with Crippen molar-refractivity contribution in [2.45, 2.75) is 25.2 Å². The lowest BCUT2D eigenvalue weighted by atomic mass is 10.2. The maximum absolute atomic E-state index is 12.3. The Morgan fingerprint density at radius 2 is 2.07 bits per heavy atom. The molecule has 1 heterocycles. The summed E-state index contributed by atoms with van der Waals surface area (Å²) in [7, 11) is 0. The number of allylic oxidation sites excluding steroid dienone is 1. The molecule has 1 N–H and O–H groups in total. The number of hydrogen-bond acceptors (Lipinski definition) is 5. The summed E-state index contributed by atoms with van der Waals surface area (Å²) in [4.78, 5) is 12.3. The Bertz CT molecular complexity index is 1040. The van der Waals surface area contributed by atoms with Crippen molar-refractivity contribution in [2.75, 3.05) is 11.1 Å². The summed E-state index contributed by atoms with van der Waals surface area (Å²) in [5.74, 6) is 1.30. The van der Waals surface area contributed by atoms with E-state index in [1.54, 1.807) is 12.1 Å². The molecule has 3 aromatic rings. The molecule has 0 aliphatic carbocycles. The van der Waals surface area contributed by atoms with Gasteiger partial charge in [-0.15, -0.1) is 16.8 Å². The predicted octanol–water partition coefficient (Wildman–Crippen LogP) is 5.50. The van der Waals surface area contributed by atoms with Gasteiger partial charge in [-0.25, -0.2) is 0 Å². The number of benzene rings is 2. The van der Waals surface area contributed by atoms with Gasteiger partial charge in [0, 0.05) is 16.7 Å². The predicted molar refractivity (Wildman–Crippen MR) is 124 cm³/mol.